The van der Waals surface area contributed by atoms with E-state index in [-0.39, 0.29) is 23.1 Å². The summed E-state index contributed by atoms with van der Waals surface area (Å²) in [5, 5.41) is 2.87. The van der Waals surface area contributed by atoms with E-state index in [9.17, 15) is 14.0 Å². The van der Waals surface area contributed by atoms with Crippen molar-refractivity contribution in [3.8, 4) is 5.75 Å². The van der Waals surface area contributed by atoms with Gasteiger partial charge in [0.1, 0.15) is 11.6 Å². The van der Waals surface area contributed by atoms with Gasteiger partial charge in [-0.2, -0.15) is 0 Å². The van der Waals surface area contributed by atoms with Gasteiger partial charge in [0.05, 0.1) is 5.56 Å². The van der Waals surface area contributed by atoms with E-state index < -0.39 is 11.7 Å². The summed E-state index contributed by atoms with van der Waals surface area (Å²) in [4.78, 5) is 26.0. The summed E-state index contributed by atoms with van der Waals surface area (Å²) in [5.41, 5.74) is 0.286. The first-order valence-electron chi connectivity index (χ1n) is 8.30. The molecule has 1 N–H and O–H groups in total. The van der Waals surface area contributed by atoms with Crippen LogP contribution in [-0.2, 0) is 4.79 Å². The Morgan fingerprint density at radius 3 is 2.69 bits per heavy atom. The number of rotatable bonds is 5. The summed E-state index contributed by atoms with van der Waals surface area (Å²) in [6, 6.07) is 10.4. The van der Waals surface area contributed by atoms with Crippen molar-refractivity contribution >= 4 is 29.1 Å². The Labute approximate surface area is 155 Å². The fourth-order valence-electron chi connectivity index (χ4n) is 2.74. The largest absolute Gasteiger partial charge is 0.484 e. The zero-order valence-corrected chi connectivity index (χ0v) is 14.8. The molecule has 0 bridgehead atoms. The van der Waals surface area contributed by atoms with Crippen LogP contribution in [0.1, 0.15) is 23.2 Å². The lowest BCUT2D eigenvalue weighted by atomic mass is 10.2. The van der Waals surface area contributed by atoms with Crippen LogP contribution in [0.3, 0.4) is 0 Å². The molecule has 26 heavy (non-hydrogen) atoms. The first kappa shape index (κ1) is 18.2. The van der Waals surface area contributed by atoms with Crippen LogP contribution < -0.4 is 10.1 Å². The molecule has 0 aromatic heterocycles. The van der Waals surface area contributed by atoms with Gasteiger partial charge < -0.3 is 15.0 Å². The van der Waals surface area contributed by atoms with Crippen LogP contribution in [0.5, 0.6) is 5.75 Å². The second kappa shape index (κ2) is 8.19. The van der Waals surface area contributed by atoms with E-state index in [0.29, 0.717) is 11.4 Å². The third-order valence-corrected chi connectivity index (χ3v) is 4.32. The number of anilines is 1. The summed E-state index contributed by atoms with van der Waals surface area (Å²) in [6.45, 7) is 1.48. The van der Waals surface area contributed by atoms with Gasteiger partial charge in [0.2, 0.25) is 0 Å². The molecule has 0 aliphatic carbocycles. The van der Waals surface area contributed by atoms with E-state index in [1.54, 1.807) is 29.2 Å². The Balaban J connectivity index is 1.62. The van der Waals surface area contributed by atoms with E-state index in [1.807, 2.05) is 0 Å². The van der Waals surface area contributed by atoms with E-state index in [4.69, 9.17) is 16.3 Å². The van der Waals surface area contributed by atoms with E-state index >= 15 is 0 Å². The van der Waals surface area contributed by atoms with Gasteiger partial charge in [-0.3, -0.25) is 9.59 Å². The number of halogens is 2. The molecule has 1 aliphatic rings. The molecular formula is C19H18ClFN2O3. The number of ether oxygens (including phenoxy) is 1. The minimum Gasteiger partial charge on any atom is -0.484 e. The predicted octanol–water partition coefficient (Wildman–Crippen LogP) is 3.73. The van der Waals surface area contributed by atoms with Gasteiger partial charge in [-0.15, -0.1) is 0 Å². The van der Waals surface area contributed by atoms with Gasteiger partial charge >= 0.3 is 0 Å². The van der Waals surface area contributed by atoms with Gasteiger partial charge in [0, 0.05) is 29.9 Å². The van der Waals surface area contributed by atoms with Gasteiger partial charge in [-0.25, -0.2) is 4.39 Å². The zero-order chi connectivity index (χ0) is 18.5. The average molecular weight is 377 g/mol. The molecular weight excluding hydrogens is 359 g/mol. The molecule has 1 heterocycles. The molecule has 0 saturated carbocycles. The van der Waals surface area contributed by atoms with Crippen molar-refractivity contribution in [3.63, 3.8) is 0 Å². The summed E-state index contributed by atoms with van der Waals surface area (Å²) < 4.78 is 19.3. The van der Waals surface area contributed by atoms with Crippen LogP contribution in [0.2, 0.25) is 5.02 Å². The highest BCUT2D eigenvalue weighted by Gasteiger charge is 2.18. The van der Waals surface area contributed by atoms with Gasteiger partial charge in [-0.05, 0) is 43.2 Å². The van der Waals surface area contributed by atoms with Crippen LogP contribution >= 0.6 is 11.6 Å². The summed E-state index contributed by atoms with van der Waals surface area (Å²) in [5.74, 6) is -0.884. The number of nitrogens with zero attached hydrogens (tertiary/aromatic N) is 1. The van der Waals surface area contributed by atoms with Crippen LogP contribution in [0.4, 0.5) is 10.1 Å². The highest BCUT2D eigenvalue weighted by atomic mass is 35.5. The Kier molecular flexibility index (Phi) is 5.73. The van der Waals surface area contributed by atoms with Crippen molar-refractivity contribution in [1.82, 2.24) is 4.90 Å². The van der Waals surface area contributed by atoms with Crippen molar-refractivity contribution in [2.75, 3.05) is 25.0 Å². The average Bonchev–Trinajstić information content (AvgIpc) is 3.17. The number of hydrogen-bond donors (Lipinski definition) is 1. The molecule has 2 aromatic rings. The molecule has 2 amide bonds. The third-order valence-electron chi connectivity index (χ3n) is 4.09. The van der Waals surface area contributed by atoms with Crippen molar-refractivity contribution < 1.29 is 18.7 Å². The number of carbonyl (C=O) groups excluding carboxylic acids is 2. The second-order valence-corrected chi connectivity index (χ2v) is 6.42. The molecule has 5 nitrogen and oxygen atoms in total. The van der Waals surface area contributed by atoms with Crippen molar-refractivity contribution in [1.29, 1.82) is 0 Å². The predicted molar refractivity (Wildman–Crippen MR) is 97.1 cm³/mol. The number of nitrogens with one attached hydrogen (secondary N) is 1. The second-order valence-electron chi connectivity index (χ2n) is 5.98. The smallest absolute Gasteiger partial charge is 0.260 e. The molecule has 0 radical (unpaired) electrons. The molecule has 0 atom stereocenters. The van der Waals surface area contributed by atoms with E-state index in [1.165, 1.54) is 12.1 Å². The Morgan fingerprint density at radius 2 is 1.92 bits per heavy atom. The van der Waals surface area contributed by atoms with E-state index in [0.717, 1.165) is 32.0 Å². The lowest BCUT2D eigenvalue weighted by Gasteiger charge is -2.15. The lowest BCUT2D eigenvalue weighted by molar-refractivity contribution is -0.132. The Morgan fingerprint density at radius 1 is 1.15 bits per heavy atom. The minimum atomic E-state index is -0.657. The number of hydrogen-bond acceptors (Lipinski definition) is 3. The quantitative estimate of drug-likeness (QED) is 0.865. The molecule has 0 unspecified atom stereocenters. The molecule has 136 valence electrons. The monoisotopic (exact) mass is 376 g/mol. The zero-order valence-electron chi connectivity index (χ0n) is 14.0. The first-order chi connectivity index (χ1) is 12.5. The lowest BCUT2D eigenvalue weighted by Crippen LogP contribution is -2.32. The van der Waals surface area contributed by atoms with Crippen LogP contribution in [-0.4, -0.2) is 36.4 Å². The Bertz CT molecular complexity index is 822. The maximum atomic E-state index is 13.8. The molecule has 2 aromatic carbocycles. The summed E-state index contributed by atoms with van der Waals surface area (Å²) >= 11 is 5.81. The first-order valence-corrected chi connectivity index (χ1v) is 8.68. The number of likely N-dealkylation sites (tertiary alicyclic amines) is 1. The number of carbonyl (C=O) groups is 2. The van der Waals surface area contributed by atoms with E-state index in [2.05, 4.69) is 5.32 Å². The number of amides is 2. The molecule has 1 saturated heterocycles. The van der Waals surface area contributed by atoms with Gasteiger partial charge in [0.25, 0.3) is 11.8 Å². The minimum absolute atomic E-state index is 0.0552. The molecule has 3 rings (SSSR count). The topological polar surface area (TPSA) is 58.6 Å². The number of benzene rings is 2. The third kappa shape index (κ3) is 4.52. The SMILES string of the molecule is O=C(Nc1cccc(OCC(=O)N2CCCC2)c1)c1cc(Cl)ccc1F. The van der Waals surface area contributed by atoms with Crippen LogP contribution in [0, 0.1) is 5.82 Å². The fraction of sp³-hybridized carbons (Fsp3) is 0.263. The summed E-state index contributed by atoms with van der Waals surface area (Å²) in [6.07, 6.45) is 2.04. The summed E-state index contributed by atoms with van der Waals surface area (Å²) in [7, 11) is 0. The molecule has 0 spiro atoms. The van der Waals surface area contributed by atoms with Gasteiger partial charge in [0.15, 0.2) is 6.61 Å². The normalized spacial score (nSPS) is 13.5. The molecule has 7 heteroatoms. The highest BCUT2D eigenvalue weighted by Crippen LogP contribution is 2.20. The maximum absolute atomic E-state index is 13.8. The van der Waals surface area contributed by atoms with Crippen molar-refractivity contribution in [2.24, 2.45) is 0 Å². The standard InChI is InChI=1S/C19H18ClFN2O3/c20-13-6-7-17(21)16(10-13)19(25)22-14-4-3-5-15(11-14)26-12-18(24)23-8-1-2-9-23/h3-7,10-11H,1-2,8-9,12H2,(H,22,25). The van der Waals surface area contributed by atoms with Crippen LogP contribution in [0.25, 0.3) is 0 Å². The van der Waals surface area contributed by atoms with Crippen molar-refractivity contribution in [3.05, 3.63) is 58.9 Å². The maximum Gasteiger partial charge on any atom is 0.260 e. The molecule has 1 aliphatic heterocycles. The van der Waals surface area contributed by atoms with Crippen LogP contribution in [0.15, 0.2) is 42.5 Å². The molecule has 1 fully saturated rings. The van der Waals surface area contributed by atoms with Gasteiger partial charge in [-0.1, -0.05) is 17.7 Å². The van der Waals surface area contributed by atoms with Crippen molar-refractivity contribution in [2.45, 2.75) is 12.8 Å². The highest BCUT2D eigenvalue weighted by molar-refractivity contribution is 6.31. The Hall–Kier alpha value is -2.60. The fourth-order valence-corrected chi connectivity index (χ4v) is 2.91.